The minimum atomic E-state index is -0.466. The third-order valence-corrected chi connectivity index (χ3v) is 1.84. The Morgan fingerprint density at radius 1 is 1.42 bits per heavy atom. The van der Waals surface area contributed by atoms with Gasteiger partial charge in [-0.05, 0) is 32.9 Å². The van der Waals surface area contributed by atoms with Gasteiger partial charge in [-0.3, -0.25) is 4.98 Å². The number of hydrogen-bond donors (Lipinski definition) is 0. The van der Waals surface area contributed by atoms with Crippen LogP contribution in [0, 0.1) is 6.92 Å². The lowest BCUT2D eigenvalue weighted by atomic mass is 9.91. The van der Waals surface area contributed by atoms with Crippen LogP contribution in [0.5, 0.6) is 0 Å². The van der Waals surface area contributed by atoms with Crippen LogP contribution >= 0.6 is 0 Å². The largest absolute Gasteiger partial charge is 0.302 e. The molecule has 0 radical (unpaired) electrons. The van der Waals surface area contributed by atoms with Crippen molar-refractivity contribution in [2.24, 2.45) is 0 Å². The first-order valence-electron chi connectivity index (χ1n) is 3.97. The summed E-state index contributed by atoms with van der Waals surface area (Å²) in [4.78, 5) is 15.0. The fourth-order valence-electron chi connectivity index (χ4n) is 0.962. The first kappa shape index (κ1) is 8.91. The average Bonchev–Trinajstić information content (AvgIpc) is 2.05. The summed E-state index contributed by atoms with van der Waals surface area (Å²) in [5.74, 6) is 0. The molecule has 0 bridgehead atoms. The Labute approximate surface area is 72.6 Å². The van der Waals surface area contributed by atoms with Gasteiger partial charge in [0.15, 0.2) is 0 Å². The molecule has 0 aliphatic carbocycles. The Hall–Kier alpha value is -1.18. The van der Waals surface area contributed by atoms with E-state index in [1.165, 1.54) is 0 Å². The van der Waals surface area contributed by atoms with Crippen molar-refractivity contribution < 1.29 is 4.79 Å². The van der Waals surface area contributed by atoms with Gasteiger partial charge < -0.3 is 4.79 Å². The monoisotopic (exact) mass is 163 g/mol. The van der Waals surface area contributed by atoms with E-state index < -0.39 is 5.41 Å². The van der Waals surface area contributed by atoms with Gasteiger partial charge in [0.2, 0.25) is 0 Å². The molecule has 0 spiro atoms. The van der Waals surface area contributed by atoms with Crippen LogP contribution in [0.15, 0.2) is 18.2 Å². The first-order chi connectivity index (χ1) is 5.56. The van der Waals surface area contributed by atoms with Crippen LogP contribution in [0.2, 0.25) is 0 Å². The van der Waals surface area contributed by atoms with Crippen LogP contribution in [-0.4, -0.2) is 11.3 Å². The number of aryl methyl sites for hydroxylation is 1. The van der Waals surface area contributed by atoms with Crippen LogP contribution in [0.3, 0.4) is 0 Å². The highest BCUT2D eigenvalue weighted by Crippen LogP contribution is 2.17. The molecule has 0 N–H and O–H groups in total. The maximum atomic E-state index is 10.7. The number of carbonyl (C=O) groups is 1. The van der Waals surface area contributed by atoms with Crippen molar-refractivity contribution in [3.63, 3.8) is 0 Å². The van der Waals surface area contributed by atoms with Gasteiger partial charge in [-0.2, -0.15) is 0 Å². The van der Waals surface area contributed by atoms with Crippen LogP contribution in [0.25, 0.3) is 0 Å². The summed E-state index contributed by atoms with van der Waals surface area (Å²) < 4.78 is 0. The highest BCUT2D eigenvalue weighted by molar-refractivity contribution is 5.65. The van der Waals surface area contributed by atoms with Gasteiger partial charge in [-0.25, -0.2) is 0 Å². The second kappa shape index (κ2) is 3.05. The lowest BCUT2D eigenvalue weighted by molar-refractivity contribution is -0.111. The van der Waals surface area contributed by atoms with E-state index in [1.807, 2.05) is 39.0 Å². The Morgan fingerprint density at radius 2 is 2.08 bits per heavy atom. The van der Waals surface area contributed by atoms with Gasteiger partial charge >= 0.3 is 0 Å². The molecule has 64 valence electrons. The SMILES string of the molecule is Cc1cccc(C(C)(C)C=O)n1. The topological polar surface area (TPSA) is 30.0 Å². The van der Waals surface area contributed by atoms with Gasteiger partial charge in [0.1, 0.15) is 6.29 Å². The van der Waals surface area contributed by atoms with Gasteiger partial charge in [-0.1, -0.05) is 6.07 Å². The maximum absolute atomic E-state index is 10.7. The van der Waals surface area contributed by atoms with Crippen LogP contribution in [-0.2, 0) is 10.2 Å². The molecule has 1 rings (SSSR count). The predicted octanol–water partition coefficient (Wildman–Crippen LogP) is 1.87. The van der Waals surface area contributed by atoms with Gasteiger partial charge in [0.05, 0.1) is 11.1 Å². The summed E-state index contributed by atoms with van der Waals surface area (Å²) in [5.41, 5.74) is 1.31. The van der Waals surface area contributed by atoms with Crippen molar-refractivity contribution >= 4 is 6.29 Å². The van der Waals surface area contributed by atoms with E-state index in [1.54, 1.807) is 0 Å². The van der Waals surface area contributed by atoms with E-state index in [0.29, 0.717) is 0 Å². The molecule has 0 amide bonds. The number of hydrogen-bond acceptors (Lipinski definition) is 2. The molecule has 0 saturated heterocycles. The Bertz CT molecular complexity index is 292. The van der Waals surface area contributed by atoms with Crippen molar-refractivity contribution in [3.8, 4) is 0 Å². The molecule has 1 aromatic rings. The fourth-order valence-corrected chi connectivity index (χ4v) is 0.962. The summed E-state index contributed by atoms with van der Waals surface area (Å²) >= 11 is 0. The fraction of sp³-hybridized carbons (Fsp3) is 0.400. The zero-order valence-corrected chi connectivity index (χ0v) is 7.66. The summed E-state index contributed by atoms with van der Waals surface area (Å²) in [6.07, 6.45) is 0.925. The third kappa shape index (κ3) is 1.70. The maximum Gasteiger partial charge on any atom is 0.131 e. The Morgan fingerprint density at radius 3 is 2.58 bits per heavy atom. The average molecular weight is 163 g/mol. The molecule has 12 heavy (non-hydrogen) atoms. The summed E-state index contributed by atoms with van der Waals surface area (Å²) in [5, 5.41) is 0. The molecule has 0 aliphatic heterocycles. The van der Waals surface area contributed by atoms with Crippen molar-refractivity contribution in [1.29, 1.82) is 0 Å². The lowest BCUT2D eigenvalue weighted by Crippen LogP contribution is -2.20. The van der Waals surface area contributed by atoms with E-state index in [2.05, 4.69) is 4.98 Å². The molecule has 0 unspecified atom stereocenters. The number of carbonyl (C=O) groups excluding carboxylic acids is 1. The molecular formula is C10H13NO. The molecule has 1 aromatic heterocycles. The molecular weight excluding hydrogens is 150 g/mol. The minimum absolute atomic E-state index is 0.466. The van der Waals surface area contributed by atoms with Crippen LogP contribution in [0.4, 0.5) is 0 Å². The van der Waals surface area contributed by atoms with E-state index >= 15 is 0 Å². The smallest absolute Gasteiger partial charge is 0.131 e. The molecule has 0 atom stereocenters. The molecule has 0 aliphatic rings. The first-order valence-corrected chi connectivity index (χ1v) is 3.97. The Kier molecular flexibility index (Phi) is 2.27. The zero-order chi connectivity index (χ0) is 9.19. The van der Waals surface area contributed by atoms with Gasteiger partial charge in [-0.15, -0.1) is 0 Å². The van der Waals surface area contributed by atoms with Crippen molar-refractivity contribution in [1.82, 2.24) is 4.98 Å². The highest BCUT2D eigenvalue weighted by atomic mass is 16.1. The standard InChI is InChI=1S/C10H13NO/c1-8-5-4-6-9(11-8)10(2,3)7-12/h4-7H,1-3H3. The predicted molar refractivity (Wildman–Crippen MR) is 48.1 cm³/mol. The summed E-state index contributed by atoms with van der Waals surface area (Å²) in [6, 6.07) is 5.72. The lowest BCUT2D eigenvalue weighted by Gasteiger charge is -2.15. The number of rotatable bonds is 2. The van der Waals surface area contributed by atoms with E-state index in [9.17, 15) is 4.79 Å². The molecule has 0 aromatic carbocycles. The number of pyridine rings is 1. The normalized spacial score (nSPS) is 11.2. The number of aromatic nitrogens is 1. The molecule has 2 heteroatoms. The third-order valence-electron chi connectivity index (χ3n) is 1.84. The molecule has 1 heterocycles. The van der Waals surface area contributed by atoms with Crippen molar-refractivity contribution in [2.45, 2.75) is 26.2 Å². The number of nitrogens with zero attached hydrogens (tertiary/aromatic N) is 1. The second-order valence-electron chi connectivity index (χ2n) is 3.50. The minimum Gasteiger partial charge on any atom is -0.302 e. The summed E-state index contributed by atoms with van der Waals surface area (Å²) in [7, 11) is 0. The van der Waals surface area contributed by atoms with E-state index in [0.717, 1.165) is 17.7 Å². The van der Waals surface area contributed by atoms with Crippen molar-refractivity contribution in [3.05, 3.63) is 29.6 Å². The Balaban J connectivity index is 3.11. The van der Waals surface area contributed by atoms with Crippen LogP contribution < -0.4 is 0 Å². The highest BCUT2D eigenvalue weighted by Gasteiger charge is 2.20. The number of aldehydes is 1. The quantitative estimate of drug-likeness (QED) is 0.623. The molecule has 2 nitrogen and oxygen atoms in total. The summed E-state index contributed by atoms with van der Waals surface area (Å²) in [6.45, 7) is 5.65. The van der Waals surface area contributed by atoms with E-state index in [4.69, 9.17) is 0 Å². The van der Waals surface area contributed by atoms with Gasteiger partial charge in [0, 0.05) is 5.69 Å². The van der Waals surface area contributed by atoms with E-state index in [-0.39, 0.29) is 0 Å². The molecule has 0 fully saturated rings. The van der Waals surface area contributed by atoms with Crippen molar-refractivity contribution in [2.75, 3.05) is 0 Å². The van der Waals surface area contributed by atoms with Crippen LogP contribution in [0.1, 0.15) is 25.2 Å². The molecule has 0 saturated carbocycles. The van der Waals surface area contributed by atoms with Gasteiger partial charge in [0.25, 0.3) is 0 Å². The zero-order valence-electron chi connectivity index (χ0n) is 7.66. The second-order valence-corrected chi connectivity index (χ2v) is 3.50.